The minimum Gasteiger partial charge on any atom is -0.302 e. The lowest BCUT2D eigenvalue weighted by Crippen LogP contribution is -2.29. The first-order chi connectivity index (χ1) is 11.7. The summed E-state index contributed by atoms with van der Waals surface area (Å²) in [6.07, 6.45) is 4.03. The number of carbonyl (C=O) groups excluding carboxylic acids is 1. The molecule has 0 unspecified atom stereocenters. The molecule has 126 valence electrons. The summed E-state index contributed by atoms with van der Waals surface area (Å²) in [6.45, 7) is 2.45. The van der Waals surface area contributed by atoms with Crippen molar-refractivity contribution < 1.29 is 9.18 Å². The van der Waals surface area contributed by atoms with E-state index in [2.05, 4.69) is 15.2 Å². The first-order valence-electron chi connectivity index (χ1n) is 8.43. The maximum Gasteiger partial charge on any atom is 0.229 e. The lowest BCUT2D eigenvalue weighted by molar-refractivity contribution is -0.122. The van der Waals surface area contributed by atoms with Gasteiger partial charge in [-0.1, -0.05) is 18.6 Å². The normalized spacial score (nSPS) is 18.0. The van der Waals surface area contributed by atoms with Crippen LogP contribution in [0.15, 0.2) is 24.3 Å². The Kier molecular flexibility index (Phi) is 4.33. The lowest BCUT2D eigenvalue weighted by Gasteiger charge is -2.25. The molecule has 2 aliphatic rings. The maximum absolute atomic E-state index is 13.3. The van der Waals surface area contributed by atoms with E-state index < -0.39 is 0 Å². The molecule has 4 nitrogen and oxygen atoms in total. The number of thiazole rings is 1. The van der Waals surface area contributed by atoms with Crippen molar-refractivity contribution in [2.24, 2.45) is 5.92 Å². The molecule has 24 heavy (non-hydrogen) atoms. The number of anilines is 1. The van der Waals surface area contributed by atoms with Gasteiger partial charge >= 0.3 is 0 Å². The summed E-state index contributed by atoms with van der Waals surface area (Å²) in [5.74, 6) is 0.100. The van der Waals surface area contributed by atoms with Gasteiger partial charge in [-0.15, -0.1) is 11.3 Å². The molecular weight excluding hydrogens is 325 g/mol. The van der Waals surface area contributed by atoms with E-state index in [0.717, 1.165) is 61.7 Å². The molecule has 1 aliphatic carbocycles. The number of rotatable bonds is 4. The number of halogens is 1. The zero-order valence-corrected chi connectivity index (χ0v) is 14.2. The van der Waals surface area contributed by atoms with E-state index >= 15 is 0 Å². The molecule has 1 amide bonds. The van der Waals surface area contributed by atoms with Crippen molar-refractivity contribution in [2.45, 2.75) is 38.8 Å². The van der Waals surface area contributed by atoms with Crippen LogP contribution in [0, 0.1) is 11.7 Å². The van der Waals surface area contributed by atoms with Crippen LogP contribution in [0.2, 0.25) is 0 Å². The fraction of sp³-hybridized carbons (Fsp3) is 0.444. The van der Waals surface area contributed by atoms with Crippen molar-refractivity contribution in [3.63, 3.8) is 0 Å². The number of amides is 1. The summed E-state index contributed by atoms with van der Waals surface area (Å²) in [4.78, 5) is 20.1. The van der Waals surface area contributed by atoms with E-state index in [1.807, 2.05) is 6.07 Å². The fourth-order valence-electron chi connectivity index (χ4n) is 3.21. The highest BCUT2D eigenvalue weighted by Gasteiger charge is 2.27. The number of nitrogens with one attached hydrogen (secondary N) is 1. The molecule has 1 saturated carbocycles. The summed E-state index contributed by atoms with van der Waals surface area (Å²) >= 11 is 1.57. The minimum atomic E-state index is -0.191. The molecule has 4 rings (SSSR count). The van der Waals surface area contributed by atoms with Crippen LogP contribution < -0.4 is 5.32 Å². The van der Waals surface area contributed by atoms with E-state index in [9.17, 15) is 9.18 Å². The molecule has 1 N–H and O–H groups in total. The van der Waals surface area contributed by atoms with Gasteiger partial charge in [-0.05, 0) is 30.5 Å². The minimum absolute atomic E-state index is 0.115. The molecule has 6 heteroatoms. The molecule has 1 aromatic carbocycles. The quantitative estimate of drug-likeness (QED) is 0.921. The number of aromatic nitrogens is 1. The standard InChI is InChI=1S/C18H20FN3OS/c19-14-6-1-3-12(9-14)10-22-8-7-15-16(11-22)24-18(20-15)21-17(23)13-4-2-5-13/h1,3,6,9,13H,2,4-5,7-8,10-11H2,(H,20,21,23). The first kappa shape index (κ1) is 15.7. The zero-order valence-electron chi connectivity index (χ0n) is 13.4. The predicted molar refractivity (Wildman–Crippen MR) is 92.3 cm³/mol. The average Bonchev–Trinajstić information content (AvgIpc) is 2.86. The lowest BCUT2D eigenvalue weighted by atomic mass is 9.85. The van der Waals surface area contributed by atoms with Crippen molar-refractivity contribution in [1.82, 2.24) is 9.88 Å². The molecule has 1 aliphatic heterocycles. The van der Waals surface area contributed by atoms with Crippen molar-refractivity contribution in [3.05, 3.63) is 46.2 Å². The van der Waals surface area contributed by atoms with E-state index in [0.29, 0.717) is 0 Å². The number of fused-ring (bicyclic) bond motifs is 1. The summed E-state index contributed by atoms with van der Waals surface area (Å²) in [5.41, 5.74) is 2.08. The van der Waals surface area contributed by atoms with Gasteiger partial charge in [0.1, 0.15) is 5.82 Å². The van der Waals surface area contributed by atoms with Gasteiger partial charge in [0.25, 0.3) is 0 Å². The van der Waals surface area contributed by atoms with E-state index in [-0.39, 0.29) is 17.6 Å². The molecule has 2 aromatic rings. The molecule has 1 fully saturated rings. The highest BCUT2D eigenvalue weighted by atomic mass is 32.1. The van der Waals surface area contributed by atoms with Gasteiger partial charge in [-0.25, -0.2) is 9.37 Å². The van der Waals surface area contributed by atoms with Gasteiger partial charge in [0.2, 0.25) is 5.91 Å². The Bertz CT molecular complexity index is 756. The topological polar surface area (TPSA) is 45.2 Å². The Hall–Kier alpha value is -1.79. The highest BCUT2D eigenvalue weighted by molar-refractivity contribution is 7.15. The first-order valence-corrected chi connectivity index (χ1v) is 9.25. The van der Waals surface area contributed by atoms with Gasteiger partial charge in [0.05, 0.1) is 5.69 Å². The predicted octanol–water partition coefficient (Wildman–Crippen LogP) is 3.58. The second-order valence-corrected chi connectivity index (χ2v) is 7.68. The van der Waals surface area contributed by atoms with Crippen LogP contribution in [0.25, 0.3) is 0 Å². The van der Waals surface area contributed by atoms with Crippen LogP contribution in [0.5, 0.6) is 0 Å². The second-order valence-electron chi connectivity index (χ2n) is 6.60. The maximum atomic E-state index is 13.3. The van der Waals surface area contributed by atoms with E-state index in [4.69, 9.17) is 0 Å². The van der Waals surface area contributed by atoms with Gasteiger partial charge in [0, 0.05) is 36.9 Å². The largest absolute Gasteiger partial charge is 0.302 e. The van der Waals surface area contributed by atoms with Crippen LogP contribution in [-0.2, 0) is 24.3 Å². The average molecular weight is 345 g/mol. The number of carbonyl (C=O) groups is 1. The third-order valence-electron chi connectivity index (χ3n) is 4.81. The Morgan fingerprint density at radius 2 is 2.29 bits per heavy atom. The fourth-order valence-corrected chi connectivity index (χ4v) is 4.26. The van der Waals surface area contributed by atoms with Crippen molar-refractivity contribution in [2.75, 3.05) is 11.9 Å². The third kappa shape index (κ3) is 3.35. The molecule has 2 heterocycles. The van der Waals surface area contributed by atoms with Crippen LogP contribution in [0.3, 0.4) is 0 Å². The SMILES string of the molecule is O=C(Nc1nc2c(s1)CN(Cc1cccc(F)c1)CC2)C1CCC1. The molecule has 0 bridgehead atoms. The Labute approximate surface area is 144 Å². The Balaban J connectivity index is 1.40. The number of hydrogen-bond donors (Lipinski definition) is 1. The Morgan fingerprint density at radius 3 is 3.04 bits per heavy atom. The van der Waals surface area contributed by atoms with Crippen LogP contribution >= 0.6 is 11.3 Å². The number of hydrogen-bond acceptors (Lipinski definition) is 4. The van der Waals surface area contributed by atoms with Crippen molar-refractivity contribution >= 4 is 22.4 Å². The van der Waals surface area contributed by atoms with Crippen molar-refractivity contribution in [3.8, 4) is 0 Å². The molecular formula is C18H20FN3OS. The number of benzene rings is 1. The third-order valence-corrected chi connectivity index (χ3v) is 5.81. The van der Waals surface area contributed by atoms with Gasteiger partial charge in [-0.2, -0.15) is 0 Å². The van der Waals surface area contributed by atoms with Gasteiger partial charge in [0.15, 0.2) is 5.13 Å². The molecule has 0 saturated heterocycles. The zero-order chi connectivity index (χ0) is 16.5. The Morgan fingerprint density at radius 1 is 1.42 bits per heavy atom. The summed E-state index contributed by atoms with van der Waals surface area (Å²) in [6, 6.07) is 6.76. The van der Waals surface area contributed by atoms with Gasteiger partial charge in [-0.3, -0.25) is 9.69 Å². The van der Waals surface area contributed by atoms with Crippen LogP contribution in [-0.4, -0.2) is 22.3 Å². The van der Waals surface area contributed by atoms with Crippen LogP contribution in [0.1, 0.15) is 35.4 Å². The molecule has 0 spiro atoms. The molecule has 0 atom stereocenters. The summed E-state index contributed by atoms with van der Waals surface area (Å²) in [5, 5.41) is 3.70. The van der Waals surface area contributed by atoms with E-state index in [1.54, 1.807) is 23.5 Å². The van der Waals surface area contributed by atoms with Crippen molar-refractivity contribution in [1.29, 1.82) is 0 Å². The van der Waals surface area contributed by atoms with Gasteiger partial charge < -0.3 is 5.32 Å². The second kappa shape index (κ2) is 6.61. The summed E-state index contributed by atoms with van der Waals surface area (Å²) in [7, 11) is 0. The molecule has 0 radical (unpaired) electrons. The van der Waals surface area contributed by atoms with E-state index in [1.165, 1.54) is 10.9 Å². The smallest absolute Gasteiger partial charge is 0.229 e. The summed E-state index contributed by atoms with van der Waals surface area (Å²) < 4.78 is 13.3. The monoisotopic (exact) mass is 345 g/mol. The van der Waals surface area contributed by atoms with Crippen LogP contribution in [0.4, 0.5) is 9.52 Å². The number of nitrogens with zero attached hydrogens (tertiary/aromatic N) is 2. The molecule has 1 aromatic heterocycles. The highest BCUT2D eigenvalue weighted by Crippen LogP contribution is 2.31.